The molecule has 2 aromatic carbocycles. The monoisotopic (exact) mass is 278 g/mol. The summed E-state index contributed by atoms with van der Waals surface area (Å²) in [6.07, 6.45) is 0. The summed E-state index contributed by atoms with van der Waals surface area (Å²) in [4.78, 5) is 0. The molecule has 0 aromatic heterocycles. The van der Waals surface area contributed by atoms with Gasteiger partial charge in [0.15, 0.2) is 11.6 Å². The molecule has 2 aromatic rings. The third-order valence-corrected chi connectivity index (χ3v) is 2.97. The second kappa shape index (κ2) is 6.45. The molecule has 0 amide bonds. The highest BCUT2D eigenvalue weighted by molar-refractivity contribution is 5.41. The van der Waals surface area contributed by atoms with E-state index >= 15 is 0 Å². The number of halogens is 2. The van der Waals surface area contributed by atoms with E-state index in [1.54, 1.807) is 0 Å². The molecular formula is C15H16F2N2O. The number of nitrogens with two attached hydrogens (primary N) is 1. The molecule has 0 fully saturated rings. The second-order valence-corrected chi connectivity index (χ2v) is 4.24. The number of benzene rings is 2. The average Bonchev–Trinajstić information content (AvgIpc) is 2.45. The van der Waals surface area contributed by atoms with Crippen molar-refractivity contribution in [3.05, 3.63) is 65.2 Å². The van der Waals surface area contributed by atoms with Crippen molar-refractivity contribution in [3.63, 3.8) is 0 Å². The van der Waals surface area contributed by atoms with Gasteiger partial charge in [0.25, 0.3) is 0 Å². The Kier molecular flexibility index (Phi) is 4.65. The van der Waals surface area contributed by atoms with Crippen LogP contribution in [0, 0.1) is 11.6 Å². The van der Waals surface area contributed by atoms with Crippen LogP contribution in [0.2, 0.25) is 0 Å². The molecule has 0 saturated carbocycles. The van der Waals surface area contributed by atoms with Crippen molar-refractivity contribution in [2.45, 2.75) is 13.0 Å². The summed E-state index contributed by atoms with van der Waals surface area (Å²) < 4.78 is 31.9. The zero-order chi connectivity index (χ0) is 14.5. The fraction of sp³-hybridized carbons (Fsp3) is 0.200. The summed E-state index contributed by atoms with van der Waals surface area (Å²) in [5.41, 5.74) is 3.90. The lowest BCUT2D eigenvalue weighted by Crippen LogP contribution is -2.29. The molecule has 3 N–H and O–H groups in total. The lowest BCUT2D eigenvalue weighted by atomic mass is 9.98. The van der Waals surface area contributed by atoms with Gasteiger partial charge in [-0.1, -0.05) is 24.3 Å². The van der Waals surface area contributed by atoms with E-state index in [4.69, 9.17) is 10.6 Å². The van der Waals surface area contributed by atoms with Gasteiger partial charge in [-0.3, -0.25) is 5.84 Å². The van der Waals surface area contributed by atoms with Gasteiger partial charge in [-0.15, -0.1) is 0 Å². The molecule has 0 aliphatic heterocycles. The molecule has 0 aliphatic carbocycles. The standard InChI is InChI=1S/C15H16F2N2O/c1-2-20-14-6-4-3-5-11(14)15(19-18)10-7-8-12(16)13(17)9-10/h3-9,15,19H,2,18H2,1H3. The van der Waals surface area contributed by atoms with Crippen LogP contribution in [0.4, 0.5) is 8.78 Å². The number of hydrazine groups is 1. The molecule has 0 aliphatic rings. The van der Waals surface area contributed by atoms with E-state index in [1.807, 2.05) is 31.2 Å². The highest BCUT2D eigenvalue weighted by Crippen LogP contribution is 2.30. The Morgan fingerprint density at radius 3 is 2.55 bits per heavy atom. The van der Waals surface area contributed by atoms with E-state index in [9.17, 15) is 8.78 Å². The van der Waals surface area contributed by atoms with Crippen LogP contribution in [-0.4, -0.2) is 6.61 Å². The van der Waals surface area contributed by atoms with Gasteiger partial charge in [0.2, 0.25) is 0 Å². The third-order valence-electron chi connectivity index (χ3n) is 2.97. The van der Waals surface area contributed by atoms with Crippen molar-refractivity contribution in [2.75, 3.05) is 6.61 Å². The topological polar surface area (TPSA) is 47.3 Å². The Morgan fingerprint density at radius 2 is 1.90 bits per heavy atom. The first-order chi connectivity index (χ1) is 9.67. The molecular weight excluding hydrogens is 262 g/mol. The Bertz CT molecular complexity index is 590. The summed E-state index contributed by atoms with van der Waals surface area (Å²) in [5.74, 6) is 4.43. The zero-order valence-corrected chi connectivity index (χ0v) is 11.1. The molecule has 1 unspecified atom stereocenters. The van der Waals surface area contributed by atoms with Crippen molar-refractivity contribution in [1.29, 1.82) is 0 Å². The first-order valence-electron chi connectivity index (χ1n) is 6.30. The lowest BCUT2D eigenvalue weighted by Gasteiger charge is -2.20. The van der Waals surface area contributed by atoms with E-state index < -0.39 is 17.7 Å². The lowest BCUT2D eigenvalue weighted by molar-refractivity contribution is 0.333. The van der Waals surface area contributed by atoms with Crippen LogP contribution in [0.3, 0.4) is 0 Å². The Hall–Kier alpha value is -1.98. The molecule has 0 bridgehead atoms. The molecule has 0 saturated heterocycles. The predicted octanol–water partition coefficient (Wildman–Crippen LogP) is 2.92. The van der Waals surface area contributed by atoms with Gasteiger partial charge in [0.05, 0.1) is 12.6 Å². The highest BCUT2D eigenvalue weighted by atomic mass is 19.2. The molecule has 2 rings (SSSR count). The molecule has 1 atom stereocenters. The summed E-state index contributed by atoms with van der Waals surface area (Å²) in [6.45, 7) is 2.38. The van der Waals surface area contributed by atoms with Crippen LogP contribution in [0.5, 0.6) is 5.75 Å². The molecule has 20 heavy (non-hydrogen) atoms. The first-order valence-corrected chi connectivity index (χ1v) is 6.30. The normalized spacial score (nSPS) is 12.2. The minimum atomic E-state index is -0.906. The van der Waals surface area contributed by atoms with Crippen LogP contribution in [0.1, 0.15) is 24.1 Å². The first kappa shape index (κ1) is 14.4. The third kappa shape index (κ3) is 2.95. The molecule has 3 nitrogen and oxygen atoms in total. The van der Waals surface area contributed by atoms with Crippen molar-refractivity contribution in [1.82, 2.24) is 5.43 Å². The maximum absolute atomic E-state index is 13.4. The molecule has 0 spiro atoms. The van der Waals surface area contributed by atoms with Gasteiger partial charge in [0.1, 0.15) is 5.75 Å². The maximum Gasteiger partial charge on any atom is 0.159 e. The highest BCUT2D eigenvalue weighted by Gasteiger charge is 2.18. The SMILES string of the molecule is CCOc1ccccc1C(NN)c1ccc(F)c(F)c1. The fourth-order valence-corrected chi connectivity index (χ4v) is 2.06. The van der Waals surface area contributed by atoms with Gasteiger partial charge < -0.3 is 4.74 Å². The number of para-hydroxylation sites is 1. The largest absolute Gasteiger partial charge is 0.494 e. The van der Waals surface area contributed by atoms with Crippen LogP contribution in [-0.2, 0) is 0 Å². The van der Waals surface area contributed by atoms with Gasteiger partial charge >= 0.3 is 0 Å². The quantitative estimate of drug-likeness (QED) is 0.653. The van der Waals surface area contributed by atoms with Crippen molar-refractivity contribution in [2.24, 2.45) is 5.84 Å². The molecule has 5 heteroatoms. The number of hydrogen-bond donors (Lipinski definition) is 2. The Balaban J connectivity index is 2.44. The van der Waals surface area contributed by atoms with E-state index in [0.717, 1.165) is 17.7 Å². The second-order valence-electron chi connectivity index (χ2n) is 4.24. The number of ether oxygens (including phenoxy) is 1. The average molecular weight is 278 g/mol. The number of nitrogens with one attached hydrogen (secondary N) is 1. The van der Waals surface area contributed by atoms with Gasteiger partial charge in [-0.2, -0.15) is 0 Å². The van der Waals surface area contributed by atoms with Crippen molar-refractivity contribution >= 4 is 0 Å². The predicted molar refractivity (Wildman–Crippen MR) is 73.1 cm³/mol. The summed E-state index contributed by atoms with van der Waals surface area (Å²) in [7, 11) is 0. The van der Waals surface area contributed by atoms with Crippen LogP contribution < -0.4 is 16.0 Å². The number of rotatable bonds is 5. The number of hydrogen-bond acceptors (Lipinski definition) is 3. The van der Waals surface area contributed by atoms with Crippen LogP contribution in [0.25, 0.3) is 0 Å². The van der Waals surface area contributed by atoms with Gasteiger partial charge in [0, 0.05) is 5.56 Å². The summed E-state index contributed by atoms with van der Waals surface area (Å²) >= 11 is 0. The minimum Gasteiger partial charge on any atom is -0.494 e. The van der Waals surface area contributed by atoms with E-state index in [1.165, 1.54) is 6.07 Å². The van der Waals surface area contributed by atoms with Crippen LogP contribution in [0.15, 0.2) is 42.5 Å². The molecule has 106 valence electrons. The van der Waals surface area contributed by atoms with E-state index in [2.05, 4.69) is 5.43 Å². The van der Waals surface area contributed by atoms with Crippen molar-refractivity contribution in [3.8, 4) is 5.75 Å². The van der Waals surface area contributed by atoms with Gasteiger partial charge in [-0.25, -0.2) is 14.2 Å². The smallest absolute Gasteiger partial charge is 0.159 e. The maximum atomic E-state index is 13.4. The van der Waals surface area contributed by atoms with Crippen molar-refractivity contribution < 1.29 is 13.5 Å². The van der Waals surface area contributed by atoms with E-state index in [-0.39, 0.29) is 0 Å². The minimum absolute atomic E-state index is 0.479. The molecule has 0 radical (unpaired) electrons. The summed E-state index contributed by atoms with van der Waals surface area (Å²) in [5, 5.41) is 0. The Labute approximate surface area is 116 Å². The molecule has 0 heterocycles. The zero-order valence-electron chi connectivity index (χ0n) is 11.1. The fourth-order valence-electron chi connectivity index (χ4n) is 2.06. The van der Waals surface area contributed by atoms with Gasteiger partial charge in [-0.05, 0) is 30.7 Å². The van der Waals surface area contributed by atoms with E-state index in [0.29, 0.717) is 17.9 Å². The van der Waals surface area contributed by atoms with Crippen LogP contribution >= 0.6 is 0 Å². The Morgan fingerprint density at radius 1 is 1.15 bits per heavy atom. The summed E-state index contributed by atoms with van der Waals surface area (Å²) in [6, 6.07) is 10.5.